The van der Waals surface area contributed by atoms with Crippen molar-refractivity contribution in [3.05, 3.63) is 28.2 Å². The summed E-state index contributed by atoms with van der Waals surface area (Å²) in [5.41, 5.74) is 7.01. The molecular weight excluding hydrogens is 304 g/mol. The highest BCUT2D eigenvalue weighted by Crippen LogP contribution is 2.20. The Balaban J connectivity index is 1.98. The Kier molecular flexibility index (Phi) is 5.25. The smallest absolute Gasteiger partial charge is 0.251 e. The zero-order valence-electron chi connectivity index (χ0n) is 11.1. The van der Waals surface area contributed by atoms with Gasteiger partial charge in [-0.3, -0.25) is 4.79 Å². The van der Waals surface area contributed by atoms with Crippen LogP contribution in [0.25, 0.3) is 0 Å². The summed E-state index contributed by atoms with van der Waals surface area (Å²) >= 11 is 3.37. The lowest BCUT2D eigenvalue weighted by molar-refractivity contribution is 0.0930. The van der Waals surface area contributed by atoms with E-state index in [-0.39, 0.29) is 5.91 Å². The van der Waals surface area contributed by atoms with Crippen molar-refractivity contribution in [1.29, 1.82) is 0 Å². The fourth-order valence-electron chi connectivity index (χ4n) is 2.61. The molecule has 0 heterocycles. The highest BCUT2D eigenvalue weighted by Gasteiger charge is 2.15. The molecule has 2 rings (SSSR count). The minimum Gasteiger partial charge on any atom is -0.399 e. The molecule has 0 radical (unpaired) electrons. The van der Waals surface area contributed by atoms with Crippen molar-refractivity contribution in [3.8, 4) is 0 Å². The topological polar surface area (TPSA) is 55.1 Å². The van der Waals surface area contributed by atoms with Crippen LogP contribution in [0, 0.1) is 0 Å². The molecule has 0 aromatic heterocycles. The predicted molar refractivity (Wildman–Crippen MR) is 82.1 cm³/mol. The van der Waals surface area contributed by atoms with Crippen molar-refractivity contribution in [1.82, 2.24) is 5.32 Å². The number of rotatable bonds is 2. The van der Waals surface area contributed by atoms with Gasteiger partial charge < -0.3 is 11.1 Å². The van der Waals surface area contributed by atoms with Crippen LogP contribution in [-0.2, 0) is 0 Å². The van der Waals surface area contributed by atoms with Crippen LogP contribution >= 0.6 is 15.9 Å². The summed E-state index contributed by atoms with van der Waals surface area (Å²) in [7, 11) is 0. The number of carbonyl (C=O) groups is 1. The van der Waals surface area contributed by atoms with Crippen molar-refractivity contribution in [2.45, 2.75) is 51.0 Å². The number of hydrogen-bond acceptors (Lipinski definition) is 2. The fourth-order valence-corrected chi connectivity index (χ4v) is 3.12. The molecule has 0 bridgehead atoms. The molecule has 1 aliphatic carbocycles. The van der Waals surface area contributed by atoms with E-state index in [1.807, 2.05) is 6.07 Å². The van der Waals surface area contributed by atoms with Crippen molar-refractivity contribution < 1.29 is 4.79 Å². The summed E-state index contributed by atoms with van der Waals surface area (Å²) in [6.07, 6.45) is 8.52. The first kappa shape index (κ1) is 14.4. The quantitative estimate of drug-likeness (QED) is 0.811. The molecule has 1 aromatic rings. The summed E-state index contributed by atoms with van der Waals surface area (Å²) in [5, 5.41) is 3.14. The molecule has 3 nitrogen and oxygen atoms in total. The van der Waals surface area contributed by atoms with Crippen LogP contribution in [0.1, 0.15) is 55.3 Å². The van der Waals surface area contributed by atoms with Crippen molar-refractivity contribution in [2.75, 3.05) is 5.73 Å². The summed E-state index contributed by atoms with van der Waals surface area (Å²) in [5.74, 6) is -0.0152. The zero-order valence-corrected chi connectivity index (χ0v) is 12.7. The number of anilines is 1. The Morgan fingerprint density at radius 2 is 1.74 bits per heavy atom. The average molecular weight is 325 g/mol. The highest BCUT2D eigenvalue weighted by molar-refractivity contribution is 9.10. The molecular formula is C15H21BrN2O. The average Bonchev–Trinajstić information content (AvgIpc) is 2.31. The molecule has 0 saturated heterocycles. The van der Waals surface area contributed by atoms with Gasteiger partial charge in [0, 0.05) is 21.8 Å². The standard InChI is InChI=1S/C15H21BrN2O/c16-12-8-11(9-13(17)10-12)15(19)18-14-6-4-2-1-3-5-7-14/h8-10,14H,1-7,17H2,(H,18,19). The minimum absolute atomic E-state index is 0.0152. The van der Waals surface area contributed by atoms with E-state index in [2.05, 4.69) is 21.2 Å². The van der Waals surface area contributed by atoms with E-state index >= 15 is 0 Å². The molecule has 19 heavy (non-hydrogen) atoms. The normalized spacial score (nSPS) is 17.5. The lowest BCUT2D eigenvalue weighted by Crippen LogP contribution is -2.35. The Hall–Kier alpha value is -1.03. The molecule has 0 aliphatic heterocycles. The van der Waals surface area contributed by atoms with Gasteiger partial charge in [-0.1, -0.05) is 48.0 Å². The third kappa shape index (κ3) is 4.53. The Morgan fingerprint density at radius 1 is 1.11 bits per heavy atom. The zero-order chi connectivity index (χ0) is 13.7. The van der Waals surface area contributed by atoms with Crippen molar-refractivity contribution >= 4 is 27.5 Å². The summed E-state index contributed by atoms with van der Waals surface area (Å²) in [6.45, 7) is 0. The van der Waals surface area contributed by atoms with E-state index in [9.17, 15) is 4.79 Å². The lowest BCUT2D eigenvalue weighted by atomic mass is 9.96. The van der Waals surface area contributed by atoms with Gasteiger partial charge in [0.15, 0.2) is 0 Å². The van der Waals surface area contributed by atoms with E-state index in [0.29, 0.717) is 17.3 Å². The molecule has 0 unspecified atom stereocenters. The maximum Gasteiger partial charge on any atom is 0.251 e. The first-order valence-corrected chi connectivity index (χ1v) is 7.81. The van der Waals surface area contributed by atoms with E-state index in [1.54, 1.807) is 12.1 Å². The van der Waals surface area contributed by atoms with E-state index in [0.717, 1.165) is 17.3 Å². The van der Waals surface area contributed by atoms with Gasteiger partial charge in [-0.25, -0.2) is 0 Å². The molecule has 1 aliphatic rings. The van der Waals surface area contributed by atoms with Crippen LogP contribution in [0.3, 0.4) is 0 Å². The van der Waals surface area contributed by atoms with Crippen molar-refractivity contribution in [3.63, 3.8) is 0 Å². The van der Waals surface area contributed by atoms with Gasteiger partial charge in [-0.2, -0.15) is 0 Å². The first-order chi connectivity index (χ1) is 9.15. The van der Waals surface area contributed by atoms with E-state index in [4.69, 9.17) is 5.73 Å². The Bertz CT molecular complexity index is 420. The molecule has 1 amide bonds. The van der Waals surface area contributed by atoms with Crippen LogP contribution in [0.5, 0.6) is 0 Å². The largest absolute Gasteiger partial charge is 0.399 e. The van der Waals surface area contributed by atoms with Gasteiger partial charge >= 0.3 is 0 Å². The molecule has 0 spiro atoms. The maximum absolute atomic E-state index is 12.2. The first-order valence-electron chi connectivity index (χ1n) is 7.02. The second kappa shape index (κ2) is 6.94. The minimum atomic E-state index is -0.0152. The summed E-state index contributed by atoms with van der Waals surface area (Å²) in [4.78, 5) is 12.2. The second-order valence-corrected chi connectivity index (χ2v) is 6.20. The molecule has 1 saturated carbocycles. The van der Waals surface area contributed by atoms with Crippen molar-refractivity contribution in [2.24, 2.45) is 0 Å². The van der Waals surface area contributed by atoms with Crippen LogP contribution in [0.15, 0.2) is 22.7 Å². The number of halogens is 1. The monoisotopic (exact) mass is 324 g/mol. The predicted octanol–water partition coefficient (Wildman–Crippen LogP) is 3.87. The Morgan fingerprint density at radius 3 is 2.37 bits per heavy atom. The SMILES string of the molecule is Nc1cc(Br)cc(C(=O)NC2CCCCCCC2)c1. The Labute approximate surface area is 123 Å². The number of nitrogen functional groups attached to an aromatic ring is 1. The third-order valence-electron chi connectivity index (χ3n) is 3.62. The van der Waals surface area contributed by atoms with Crippen LogP contribution in [-0.4, -0.2) is 11.9 Å². The van der Waals surface area contributed by atoms with Crippen LogP contribution < -0.4 is 11.1 Å². The number of nitrogens with two attached hydrogens (primary N) is 1. The van der Waals surface area contributed by atoms with Gasteiger partial charge in [-0.15, -0.1) is 0 Å². The number of carbonyl (C=O) groups excluding carboxylic acids is 1. The molecule has 4 heteroatoms. The van der Waals surface area contributed by atoms with Gasteiger partial charge in [0.2, 0.25) is 0 Å². The van der Waals surface area contributed by atoms with Crippen LogP contribution in [0.2, 0.25) is 0 Å². The molecule has 104 valence electrons. The number of benzene rings is 1. The highest BCUT2D eigenvalue weighted by atomic mass is 79.9. The van der Waals surface area contributed by atoms with Gasteiger partial charge in [0.25, 0.3) is 5.91 Å². The lowest BCUT2D eigenvalue weighted by Gasteiger charge is -2.21. The van der Waals surface area contributed by atoms with Crippen LogP contribution in [0.4, 0.5) is 5.69 Å². The van der Waals surface area contributed by atoms with Gasteiger partial charge in [0.05, 0.1) is 0 Å². The van der Waals surface area contributed by atoms with Gasteiger partial charge in [0.1, 0.15) is 0 Å². The van der Waals surface area contributed by atoms with E-state index < -0.39 is 0 Å². The maximum atomic E-state index is 12.2. The summed E-state index contributed by atoms with van der Waals surface area (Å²) < 4.78 is 0.843. The fraction of sp³-hybridized carbons (Fsp3) is 0.533. The van der Waals surface area contributed by atoms with Gasteiger partial charge in [-0.05, 0) is 31.0 Å². The summed E-state index contributed by atoms with van der Waals surface area (Å²) in [6, 6.07) is 5.65. The molecule has 1 fully saturated rings. The molecule has 3 N–H and O–H groups in total. The number of hydrogen-bond donors (Lipinski definition) is 2. The molecule has 1 aromatic carbocycles. The number of nitrogens with one attached hydrogen (secondary N) is 1. The third-order valence-corrected chi connectivity index (χ3v) is 4.08. The second-order valence-electron chi connectivity index (χ2n) is 5.29. The van der Waals surface area contributed by atoms with E-state index in [1.165, 1.54) is 32.1 Å². The number of amides is 1. The molecule has 0 atom stereocenters.